The topological polar surface area (TPSA) is 51.2 Å². The zero-order valence-corrected chi connectivity index (χ0v) is 15.2. The molecule has 128 valence electrons. The molecule has 1 N–H and O–H groups in total. The first-order chi connectivity index (χ1) is 12.1. The Morgan fingerprint density at radius 2 is 1.96 bits per heavy atom. The molecule has 0 atom stereocenters. The van der Waals surface area contributed by atoms with Crippen molar-refractivity contribution in [2.24, 2.45) is 0 Å². The van der Waals surface area contributed by atoms with Gasteiger partial charge >= 0.3 is 0 Å². The van der Waals surface area contributed by atoms with Crippen molar-refractivity contribution in [2.75, 3.05) is 0 Å². The van der Waals surface area contributed by atoms with Gasteiger partial charge < -0.3 is 10.1 Å². The lowest BCUT2D eigenvalue weighted by atomic mass is 10.2. The number of hydrogen-bond acceptors (Lipinski definition) is 4. The van der Waals surface area contributed by atoms with Crippen LogP contribution < -0.4 is 10.1 Å². The lowest BCUT2D eigenvalue weighted by molar-refractivity contribution is 0.0951. The highest BCUT2D eigenvalue weighted by atomic mass is 35.5. The van der Waals surface area contributed by atoms with Crippen molar-refractivity contribution in [1.82, 2.24) is 10.3 Å². The van der Waals surface area contributed by atoms with Crippen LogP contribution in [-0.4, -0.2) is 10.9 Å². The van der Waals surface area contributed by atoms with Crippen LogP contribution in [0, 0.1) is 6.92 Å². The molecule has 1 heterocycles. The van der Waals surface area contributed by atoms with Gasteiger partial charge in [0.15, 0.2) is 0 Å². The number of amides is 1. The van der Waals surface area contributed by atoms with Crippen molar-refractivity contribution in [2.45, 2.75) is 20.1 Å². The Morgan fingerprint density at radius 1 is 1.20 bits per heavy atom. The van der Waals surface area contributed by atoms with Gasteiger partial charge in [0.2, 0.25) is 0 Å². The van der Waals surface area contributed by atoms with Gasteiger partial charge in [-0.05, 0) is 42.8 Å². The lowest BCUT2D eigenvalue weighted by Gasteiger charge is -2.08. The van der Waals surface area contributed by atoms with Crippen molar-refractivity contribution < 1.29 is 9.53 Å². The number of carbonyl (C=O) groups excluding carboxylic acids is 1. The third-order valence-electron chi connectivity index (χ3n) is 3.57. The van der Waals surface area contributed by atoms with Crippen LogP contribution in [0.5, 0.6) is 5.75 Å². The van der Waals surface area contributed by atoms with E-state index in [0.29, 0.717) is 29.5 Å². The van der Waals surface area contributed by atoms with Gasteiger partial charge in [-0.2, -0.15) is 0 Å². The maximum atomic E-state index is 12.2. The highest BCUT2D eigenvalue weighted by Crippen LogP contribution is 2.17. The van der Waals surface area contributed by atoms with E-state index in [1.807, 2.05) is 30.5 Å². The molecule has 3 rings (SSSR count). The summed E-state index contributed by atoms with van der Waals surface area (Å²) in [5.74, 6) is 0.551. The molecule has 4 nitrogen and oxygen atoms in total. The van der Waals surface area contributed by atoms with Crippen LogP contribution >= 0.6 is 22.9 Å². The Bertz CT molecular complexity index is 862. The van der Waals surface area contributed by atoms with Gasteiger partial charge in [0.25, 0.3) is 5.91 Å². The van der Waals surface area contributed by atoms with Gasteiger partial charge in [-0.1, -0.05) is 29.8 Å². The summed E-state index contributed by atoms with van der Waals surface area (Å²) >= 11 is 7.69. The summed E-state index contributed by atoms with van der Waals surface area (Å²) in [5, 5.41) is 6.50. The number of carbonyl (C=O) groups is 1. The molecule has 1 aromatic heterocycles. The Labute approximate surface area is 155 Å². The summed E-state index contributed by atoms with van der Waals surface area (Å²) in [6, 6.07) is 14.5. The van der Waals surface area contributed by atoms with E-state index in [9.17, 15) is 4.79 Å². The van der Waals surface area contributed by atoms with Crippen molar-refractivity contribution in [1.29, 1.82) is 0 Å². The second kappa shape index (κ2) is 8.14. The minimum Gasteiger partial charge on any atom is -0.487 e. The summed E-state index contributed by atoms with van der Waals surface area (Å²) in [6.07, 6.45) is 0. The molecule has 0 radical (unpaired) electrons. The van der Waals surface area contributed by atoms with Crippen molar-refractivity contribution in [3.8, 4) is 5.75 Å². The normalized spacial score (nSPS) is 10.5. The summed E-state index contributed by atoms with van der Waals surface area (Å²) in [7, 11) is 0. The molecule has 0 unspecified atom stereocenters. The number of aromatic nitrogens is 1. The van der Waals surface area contributed by atoms with Crippen LogP contribution in [0.25, 0.3) is 0 Å². The molecule has 1 amide bonds. The second-order valence-electron chi connectivity index (χ2n) is 5.45. The van der Waals surface area contributed by atoms with E-state index in [1.54, 1.807) is 41.7 Å². The highest BCUT2D eigenvalue weighted by molar-refractivity contribution is 7.09. The zero-order chi connectivity index (χ0) is 17.6. The number of aryl methyl sites for hydroxylation is 1. The summed E-state index contributed by atoms with van der Waals surface area (Å²) < 4.78 is 5.68. The molecule has 25 heavy (non-hydrogen) atoms. The number of hydrogen-bond donors (Lipinski definition) is 1. The molecule has 0 aliphatic heterocycles. The van der Waals surface area contributed by atoms with E-state index in [4.69, 9.17) is 16.3 Å². The quantitative estimate of drug-likeness (QED) is 0.687. The Morgan fingerprint density at radius 3 is 2.64 bits per heavy atom. The molecular weight excluding hydrogens is 356 g/mol. The molecule has 0 aliphatic carbocycles. The molecule has 3 aromatic rings. The smallest absolute Gasteiger partial charge is 0.251 e. The monoisotopic (exact) mass is 372 g/mol. The maximum absolute atomic E-state index is 12.2. The van der Waals surface area contributed by atoms with Crippen LogP contribution in [0.3, 0.4) is 0 Å². The van der Waals surface area contributed by atoms with Gasteiger partial charge in [-0.3, -0.25) is 4.79 Å². The molecule has 0 spiro atoms. The average Bonchev–Trinajstić information content (AvgIpc) is 3.05. The molecular formula is C19H17ClN2O2S. The summed E-state index contributed by atoms with van der Waals surface area (Å²) in [6.45, 7) is 2.77. The van der Waals surface area contributed by atoms with Gasteiger partial charge in [-0.25, -0.2) is 4.98 Å². The summed E-state index contributed by atoms with van der Waals surface area (Å²) in [5.41, 5.74) is 2.36. The van der Waals surface area contributed by atoms with Crippen LogP contribution in [0.4, 0.5) is 0 Å². The van der Waals surface area contributed by atoms with Crippen LogP contribution in [0.2, 0.25) is 5.02 Å². The number of nitrogens with zero attached hydrogens (tertiary/aromatic N) is 1. The Balaban J connectivity index is 1.54. The van der Waals surface area contributed by atoms with E-state index in [0.717, 1.165) is 16.3 Å². The van der Waals surface area contributed by atoms with E-state index in [2.05, 4.69) is 10.3 Å². The number of ether oxygens (including phenoxy) is 1. The number of nitrogens with one attached hydrogen (secondary N) is 1. The third kappa shape index (κ3) is 4.81. The maximum Gasteiger partial charge on any atom is 0.251 e. The van der Waals surface area contributed by atoms with Crippen LogP contribution in [0.15, 0.2) is 53.9 Å². The fourth-order valence-corrected chi connectivity index (χ4v) is 3.05. The highest BCUT2D eigenvalue weighted by Gasteiger charge is 2.07. The fraction of sp³-hybridized carbons (Fsp3) is 0.158. The van der Waals surface area contributed by atoms with Gasteiger partial charge in [0, 0.05) is 22.5 Å². The Kier molecular flexibility index (Phi) is 5.68. The molecule has 0 aliphatic rings. The molecule has 0 fully saturated rings. The number of benzene rings is 2. The fourth-order valence-electron chi connectivity index (χ4n) is 2.25. The average molecular weight is 373 g/mol. The molecule has 0 saturated heterocycles. The number of rotatable bonds is 6. The van der Waals surface area contributed by atoms with E-state index in [-0.39, 0.29) is 5.91 Å². The van der Waals surface area contributed by atoms with Crippen LogP contribution in [0.1, 0.15) is 26.6 Å². The minimum atomic E-state index is -0.151. The Hall–Kier alpha value is -2.37. The van der Waals surface area contributed by atoms with Crippen molar-refractivity contribution >= 4 is 28.8 Å². The predicted molar refractivity (Wildman–Crippen MR) is 100 cm³/mol. The standard InChI is InChI=1S/C19H17ClN2O2S/c1-13-22-16(12-25-13)11-24-17-8-6-14(7-9-17)19(23)21-10-15-4-2-3-5-18(15)20/h2-9,12H,10-11H2,1H3,(H,21,23). The first-order valence-electron chi connectivity index (χ1n) is 7.77. The zero-order valence-electron chi connectivity index (χ0n) is 13.7. The lowest BCUT2D eigenvalue weighted by Crippen LogP contribution is -2.22. The molecule has 2 aromatic carbocycles. The van der Waals surface area contributed by atoms with Gasteiger partial charge in [0.05, 0.1) is 10.7 Å². The van der Waals surface area contributed by atoms with Crippen molar-refractivity contribution in [3.05, 3.63) is 80.8 Å². The molecule has 0 saturated carbocycles. The minimum absolute atomic E-state index is 0.151. The van der Waals surface area contributed by atoms with E-state index < -0.39 is 0 Å². The summed E-state index contributed by atoms with van der Waals surface area (Å²) in [4.78, 5) is 16.6. The predicted octanol–water partition coefficient (Wildman–Crippen LogP) is 4.61. The van der Waals surface area contributed by atoms with Gasteiger partial charge in [0.1, 0.15) is 12.4 Å². The first-order valence-corrected chi connectivity index (χ1v) is 9.03. The number of thiazole rings is 1. The molecule has 0 bridgehead atoms. The SMILES string of the molecule is Cc1nc(COc2ccc(C(=O)NCc3ccccc3Cl)cc2)cs1. The number of halogens is 1. The van der Waals surface area contributed by atoms with E-state index >= 15 is 0 Å². The second-order valence-corrected chi connectivity index (χ2v) is 6.91. The van der Waals surface area contributed by atoms with Gasteiger partial charge in [-0.15, -0.1) is 11.3 Å². The third-order valence-corrected chi connectivity index (χ3v) is 4.76. The first kappa shape index (κ1) is 17.5. The largest absolute Gasteiger partial charge is 0.487 e. The van der Waals surface area contributed by atoms with E-state index in [1.165, 1.54) is 0 Å². The molecule has 6 heteroatoms. The van der Waals surface area contributed by atoms with Crippen molar-refractivity contribution in [3.63, 3.8) is 0 Å². The van der Waals surface area contributed by atoms with Crippen LogP contribution in [-0.2, 0) is 13.2 Å².